The summed E-state index contributed by atoms with van der Waals surface area (Å²) in [5.74, 6) is 1.60. The van der Waals surface area contributed by atoms with Gasteiger partial charge in [0.25, 0.3) is 0 Å². The molecule has 1 fully saturated rings. The van der Waals surface area contributed by atoms with Crippen molar-refractivity contribution in [1.29, 1.82) is 0 Å². The third kappa shape index (κ3) is 3.21. The molecule has 0 aliphatic heterocycles. The third-order valence-electron chi connectivity index (χ3n) is 2.56. The Balaban J connectivity index is 1.88. The lowest BCUT2D eigenvalue weighted by Gasteiger charge is -2.08. The molecule has 0 amide bonds. The predicted octanol–water partition coefficient (Wildman–Crippen LogP) is 0.969. The Morgan fingerprint density at radius 1 is 1.64 bits per heavy atom. The zero-order chi connectivity index (χ0) is 8.27. The minimum Gasteiger partial charge on any atom is -0.330 e. The van der Waals surface area contributed by atoms with Crippen LogP contribution >= 0.6 is 0 Å². The van der Waals surface area contributed by atoms with Crippen LogP contribution in [0.25, 0.3) is 0 Å². The van der Waals surface area contributed by atoms with Gasteiger partial charge in [-0.05, 0) is 37.8 Å². The minimum absolute atomic E-state index is 0.677. The van der Waals surface area contributed by atoms with E-state index in [-0.39, 0.29) is 0 Å². The first kappa shape index (κ1) is 9.01. The summed E-state index contributed by atoms with van der Waals surface area (Å²) in [6.45, 7) is 6.47. The Hall–Kier alpha value is -0.0800. The van der Waals surface area contributed by atoms with Crippen molar-refractivity contribution >= 4 is 0 Å². The first-order valence-corrected chi connectivity index (χ1v) is 4.67. The molecule has 11 heavy (non-hydrogen) atoms. The molecule has 66 valence electrons. The van der Waals surface area contributed by atoms with Crippen LogP contribution in [0.2, 0.25) is 0 Å². The van der Waals surface area contributed by atoms with Gasteiger partial charge in [0, 0.05) is 6.04 Å². The van der Waals surface area contributed by atoms with Gasteiger partial charge in [-0.3, -0.25) is 0 Å². The molecule has 3 atom stereocenters. The topological polar surface area (TPSA) is 38.0 Å². The number of hydrogen-bond donors (Lipinski definition) is 2. The van der Waals surface area contributed by atoms with E-state index in [1.54, 1.807) is 0 Å². The summed E-state index contributed by atoms with van der Waals surface area (Å²) in [5.41, 5.74) is 5.50. The molecule has 2 heteroatoms. The Bertz CT molecular complexity index is 110. The number of hydrogen-bond acceptors (Lipinski definition) is 2. The summed E-state index contributed by atoms with van der Waals surface area (Å²) < 4.78 is 0. The summed E-state index contributed by atoms with van der Waals surface area (Å²) in [6, 6.07) is 0.819. The minimum atomic E-state index is 0.677. The van der Waals surface area contributed by atoms with E-state index in [2.05, 4.69) is 19.2 Å². The Labute approximate surface area is 69.5 Å². The fourth-order valence-electron chi connectivity index (χ4n) is 1.24. The van der Waals surface area contributed by atoms with Crippen molar-refractivity contribution in [2.45, 2.75) is 32.7 Å². The van der Waals surface area contributed by atoms with E-state index in [0.717, 1.165) is 25.0 Å². The molecular formula is C9H20N2. The van der Waals surface area contributed by atoms with Gasteiger partial charge in [-0.25, -0.2) is 0 Å². The zero-order valence-electron chi connectivity index (χ0n) is 7.64. The molecule has 0 saturated heterocycles. The van der Waals surface area contributed by atoms with Gasteiger partial charge in [-0.15, -0.1) is 0 Å². The quantitative estimate of drug-likeness (QED) is 0.622. The van der Waals surface area contributed by atoms with Crippen LogP contribution in [-0.2, 0) is 0 Å². The van der Waals surface area contributed by atoms with Crippen LogP contribution in [0.1, 0.15) is 26.7 Å². The van der Waals surface area contributed by atoms with E-state index >= 15 is 0 Å². The standard InChI is InChI=1S/C9H20N2/c1-7(6-10)3-4-11-9-5-8(9)2/h7-9,11H,3-6,10H2,1-2H3. The van der Waals surface area contributed by atoms with Gasteiger partial charge in [0.2, 0.25) is 0 Å². The lowest BCUT2D eigenvalue weighted by atomic mass is 10.1. The van der Waals surface area contributed by atoms with Crippen molar-refractivity contribution in [2.75, 3.05) is 13.1 Å². The molecule has 3 unspecified atom stereocenters. The van der Waals surface area contributed by atoms with Crippen LogP contribution in [-0.4, -0.2) is 19.1 Å². The second-order valence-electron chi connectivity index (χ2n) is 3.90. The summed E-state index contributed by atoms with van der Waals surface area (Å²) >= 11 is 0. The van der Waals surface area contributed by atoms with Crippen molar-refractivity contribution in [1.82, 2.24) is 5.32 Å². The molecule has 1 aliphatic carbocycles. The van der Waals surface area contributed by atoms with Crippen molar-refractivity contribution in [3.63, 3.8) is 0 Å². The Kier molecular flexibility index (Phi) is 3.34. The van der Waals surface area contributed by atoms with E-state index in [0.29, 0.717) is 5.92 Å². The first-order valence-electron chi connectivity index (χ1n) is 4.67. The SMILES string of the molecule is CC(CN)CCNC1CC1C. The molecule has 0 bridgehead atoms. The van der Waals surface area contributed by atoms with Crippen LogP contribution in [0, 0.1) is 11.8 Å². The van der Waals surface area contributed by atoms with Crippen LogP contribution in [0.5, 0.6) is 0 Å². The van der Waals surface area contributed by atoms with Crippen molar-refractivity contribution in [2.24, 2.45) is 17.6 Å². The van der Waals surface area contributed by atoms with Crippen molar-refractivity contribution < 1.29 is 0 Å². The van der Waals surface area contributed by atoms with Crippen molar-refractivity contribution in [3.8, 4) is 0 Å². The summed E-state index contributed by atoms with van der Waals surface area (Å²) in [5, 5.41) is 3.52. The maximum absolute atomic E-state index is 5.50. The molecule has 1 saturated carbocycles. The van der Waals surface area contributed by atoms with Gasteiger partial charge in [0.1, 0.15) is 0 Å². The van der Waals surface area contributed by atoms with Crippen molar-refractivity contribution in [3.05, 3.63) is 0 Å². The average molecular weight is 156 g/mol. The monoisotopic (exact) mass is 156 g/mol. The maximum atomic E-state index is 5.50. The van der Waals surface area contributed by atoms with Gasteiger partial charge in [0.05, 0.1) is 0 Å². The summed E-state index contributed by atoms with van der Waals surface area (Å²) in [4.78, 5) is 0. The van der Waals surface area contributed by atoms with E-state index < -0.39 is 0 Å². The van der Waals surface area contributed by atoms with Crippen LogP contribution in [0.15, 0.2) is 0 Å². The van der Waals surface area contributed by atoms with Crippen LogP contribution < -0.4 is 11.1 Å². The fourth-order valence-corrected chi connectivity index (χ4v) is 1.24. The molecule has 3 N–H and O–H groups in total. The third-order valence-corrected chi connectivity index (χ3v) is 2.56. The highest BCUT2D eigenvalue weighted by atomic mass is 15.0. The highest BCUT2D eigenvalue weighted by Gasteiger charge is 2.31. The predicted molar refractivity (Wildman–Crippen MR) is 48.4 cm³/mol. The highest BCUT2D eigenvalue weighted by Crippen LogP contribution is 2.28. The molecule has 1 rings (SSSR count). The highest BCUT2D eigenvalue weighted by molar-refractivity contribution is 4.89. The number of nitrogens with one attached hydrogen (secondary N) is 1. The van der Waals surface area contributed by atoms with Gasteiger partial charge in [-0.1, -0.05) is 13.8 Å². The van der Waals surface area contributed by atoms with Crippen LogP contribution in [0.4, 0.5) is 0 Å². The van der Waals surface area contributed by atoms with E-state index in [1.165, 1.54) is 12.8 Å². The Morgan fingerprint density at radius 2 is 2.27 bits per heavy atom. The molecule has 0 spiro atoms. The number of rotatable bonds is 5. The second-order valence-corrected chi connectivity index (χ2v) is 3.90. The van der Waals surface area contributed by atoms with Crippen LogP contribution in [0.3, 0.4) is 0 Å². The molecule has 0 aromatic heterocycles. The largest absolute Gasteiger partial charge is 0.330 e. The fraction of sp³-hybridized carbons (Fsp3) is 1.00. The van der Waals surface area contributed by atoms with Gasteiger partial charge in [0.15, 0.2) is 0 Å². The molecule has 0 radical (unpaired) electrons. The maximum Gasteiger partial charge on any atom is 0.00963 e. The van der Waals surface area contributed by atoms with Gasteiger partial charge < -0.3 is 11.1 Å². The summed E-state index contributed by atoms with van der Waals surface area (Å²) in [6.07, 6.45) is 2.59. The van der Waals surface area contributed by atoms with Gasteiger partial charge >= 0.3 is 0 Å². The number of nitrogens with two attached hydrogens (primary N) is 1. The first-order chi connectivity index (χ1) is 5.24. The Morgan fingerprint density at radius 3 is 2.73 bits per heavy atom. The lowest BCUT2D eigenvalue weighted by molar-refractivity contribution is 0.503. The smallest absolute Gasteiger partial charge is 0.00963 e. The van der Waals surface area contributed by atoms with E-state index in [9.17, 15) is 0 Å². The zero-order valence-corrected chi connectivity index (χ0v) is 7.64. The summed E-state index contributed by atoms with van der Waals surface area (Å²) in [7, 11) is 0. The molecule has 0 aromatic rings. The molecule has 0 aromatic carbocycles. The molecular weight excluding hydrogens is 136 g/mol. The van der Waals surface area contributed by atoms with E-state index in [4.69, 9.17) is 5.73 Å². The normalized spacial score (nSPS) is 31.9. The second kappa shape index (κ2) is 4.07. The molecule has 0 heterocycles. The van der Waals surface area contributed by atoms with E-state index in [1.807, 2.05) is 0 Å². The molecule has 1 aliphatic rings. The lowest BCUT2D eigenvalue weighted by Crippen LogP contribution is -2.23. The average Bonchev–Trinajstić information content (AvgIpc) is 2.66. The molecule has 2 nitrogen and oxygen atoms in total. The van der Waals surface area contributed by atoms with Gasteiger partial charge in [-0.2, -0.15) is 0 Å².